The molecule has 1 aromatic heterocycles. The molecule has 0 fully saturated rings. The molecule has 260 valence electrons. The summed E-state index contributed by atoms with van der Waals surface area (Å²) >= 11 is 0. The van der Waals surface area contributed by atoms with E-state index < -0.39 is 0 Å². The Morgan fingerprint density at radius 2 is 0.750 bits per heavy atom. The van der Waals surface area contributed by atoms with Gasteiger partial charge in [0.05, 0.1) is 0 Å². The summed E-state index contributed by atoms with van der Waals surface area (Å²) in [7, 11) is 0. The highest BCUT2D eigenvalue weighted by Gasteiger charge is 2.30. The summed E-state index contributed by atoms with van der Waals surface area (Å²) in [5, 5.41) is 2.23. The molecule has 0 N–H and O–H groups in total. The summed E-state index contributed by atoms with van der Waals surface area (Å²) in [5.74, 6) is 0. The van der Waals surface area contributed by atoms with Crippen LogP contribution < -0.4 is 4.90 Å². The van der Waals surface area contributed by atoms with Gasteiger partial charge in [0.1, 0.15) is 11.2 Å². The van der Waals surface area contributed by atoms with Crippen LogP contribution in [0.5, 0.6) is 0 Å². The molecule has 2 aliphatic carbocycles. The fourth-order valence-electron chi connectivity index (χ4n) is 9.22. The number of anilines is 3. The Labute approximate surface area is 325 Å². The van der Waals surface area contributed by atoms with Crippen LogP contribution in [0.3, 0.4) is 0 Å². The van der Waals surface area contributed by atoms with E-state index in [0.717, 1.165) is 39.0 Å². The molecule has 0 saturated heterocycles. The van der Waals surface area contributed by atoms with Crippen molar-refractivity contribution >= 4 is 39.0 Å². The average Bonchev–Trinajstić information content (AvgIpc) is 3.59. The fourth-order valence-corrected chi connectivity index (χ4v) is 9.22. The van der Waals surface area contributed by atoms with Crippen molar-refractivity contribution in [2.45, 2.75) is 0 Å². The monoisotopic (exact) mass is 711 g/mol. The van der Waals surface area contributed by atoms with Crippen molar-refractivity contribution in [2.24, 2.45) is 0 Å². The molecule has 0 amide bonds. The summed E-state index contributed by atoms with van der Waals surface area (Å²) < 4.78 is 6.23. The largest absolute Gasteiger partial charge is 0.456 e. The third-order valence-electron chi connectivity index (χ3n) is 11.8. The minimum atomic E-state index is 0.888. The molecule has 2 aliphatic rings. The molecule has 0 atom stereocenters. The van der Waals surface area contributed by atoms with E-state index in [4.69, 9.17) is 4.42 Å². The average molecular weight is 712 g/mol. The summed E-state index contributed by atoms with van der Waals surface area (Å²) in [6.07, 6.45) is 0. The topological polar surface area (TPSA) is 16.4 Å². The van der Waals surface area contributed by atoms with E-state index >= 15 is 0 Å². The van der Waals surface area contributed by atoms with Crippen LogP contribution in [0.15, 0.2) is 205 Å². The first kappa shape index (κ1) is 31.0. The van der Waals surface area contributed by atoms with Gasteiger partial charge < -0.3 is 9.32 Å². The fraction of sp³-hybridized carbons (Fsp3) is 0. The van der Waals surface area contributed by atoms with E-state index in [0.29, 0.717) is 0 Å². The van der Waals surface area contributed by atoms with E-state index in [-0.39, 0.29) is 0 Å². The molecule has 9 aromatic carbocycles. The van der Waals surface area contributed by atoms with Gasteiger partial charge in [0.15, 0.2) is 0 Å². The summed E-state index contributed by atoms with van der Waals surface area (Å²) in [6.45, 7) is 0. The standard InChI is InChI=1S/C54H33NO/c1-2-10-34(11-3-1)35-20-25-38(26-21-35)55(40-29-31-52-49(33-40)43-13-6-7-19-51(43)56-52)39-27-22-36(23-28-39)37-24-30-42-46-16-9-17-47-48-18-8-15-45(54(48)50(42)32-37)41-12-4-5-14-44(41)53(46)47/h1-33H. The van der Waals surface area contributed by atoms with Gasteiger partial charge in [0, 0.05) is 27.8 Å². The van der Waals surface area contributed by atoms with E-state index in [2.05, 4.69) is 193 Å². The first-order valence-corrected chi connectivity index (χ1v) is 19.3. The number of nitrogens with zero attached hydrogens (tertiary/aromatic N) is 1. The summed E-state index contributed by atoms with van der Waals surface area (Å²) in [5.41, 5.74) is 22.9. The Morgan fingerprint density at radius 3 is 1.46 bits per heavy atom. The minimum absolute atomic E-state index is 0.888. The lowest BCUT2D eigenvalue weighted by atomic mass is 9.83. The molecular weight excluding hydrogens is 679 g/mol. The molecule has 6 bridgehead atoms. The predicted octanol–water partition coefficient (Wildman–Crippen LogP) is 15.4. The van der Waals surface area contributed by atoms with Gasteiger partial charge in [-0.25, -0.2) is 0 Å². The number of para-hydroxylation sites is 1. The number of rotatable bonds is 5. The zero-order valence-corrected chi connectivity index (χ0v) is 30.4. The lowest BCUT2D eigenvalue weighted by Gasteiger charge is -2.26. The van der Waals surface area contributed by atoms with Gasteiger partial charge >= 0.3 is 0 Å². The lowest BCUT2D eigenvalue weighted by Crippen LogP contribution is -2.09. The highest BCUT2D eigenvalue weighted by molar-refractivity contribution is 6.15. The van der Waals surface area contributed by atoms with Crippen LogP contribution in [0.2, 0.25) is 0 Å². The van der Waals surface area contributed by atoms with Gasteiger partial charge in [0.2, 0.25) is 0 Å². The Balaban J connectivity index is 0.984. The van der Waals surface area contributed by atoms with Crippen LogP contribution in [-0.2, 0) is 0 Å². The molecule has 10 aromatic rings. The van der Waals surface area contributed by atoms with Crippen LogP contribution in [0.1, 0.15) is 0 Å². The van der Waals surface area contributed by atoms with Crippen LogP contribution in [0, 0.1) is 0 Å². The van der Waals surface area contributed by atoms with E-state index in [1.165, 1.54) is 77.9 Å². The minimum Gasteiger partial charge on any atom is -0.456 e. The van der Waals surface area contributed by atoms with Crippen molar-refractivity contribution < 1.29 is 4.42 Å². The zero-order valence-electron chi connectivity index (χ0n) is 30.4. The van der Waals surface area contributed by atoms with Crippen molar-refractivity contribution in [1.29, 1.82) is 0 Å². The second-order valence-electron chi connectivity index (χ2n) is 14.8. The highest BCUT2D eigenvalue weighted by Crippen LogP contribution is 2.57. The number of hydrogen-bond donors (Lipinski definition) is 0. The molecule has 0 saturated carbocycles. The van der Waals surface area contributed by atoms with E-state index in [1.807, 2.05) is 12.1 Å². The van der Waals surface area contributed by atoms with Gasteiger partial charge in [-0.1, -0.05) is 146 Å². The quantitative estimate of drug-likeness (QED) is 0.177. The molecule has 0 radical (unpaired) electrons. The molecule has 2 nitrogen and oxygen atoms in total. The summed E-state index contributed by atoms with van der Waals surface area (Å²) in [4.78, 5) is 2.34. The van der Waals surface area contributed by atoms with Crippen molar-refractivity contribution in [2.75, 3.05) is 4.90 Å². The van der Waals surface area contributed by atoms with Crippen LogP contribution in [-0.4, -0.2) is 0 Å². The van der Waals surface area contributed by atoms with Crippen LogP contribution in [0.25, 0.3) is 99.8 Å². The Hall–Kier alpha value is -7.42. The molecule has 2 heteroatoms. The molecule has 0 aliphatic heterocycles. The first-order chi connectivity index (χ1) is 27.8. The first-order valence-electron chi connectivity index (χ1n) is 19.3. The van der Waals surface area contributed by atoms with Gasteiger partial charge in [0.25, 0.3) is 0 Å². The van der Waals surface area contributed by atoms with Gasteiger partial charge in [-0.2, -0.15) is 0 Å². The van der Waals surface area contributed by atoms with Crippen molar-refractivity contribution in [1.82, 2.24) is 0 Å². The Bertz CT molecular complexity index is 3150. The Kier molecular flexibility index (Phi) is 6.66. The maximum absolute atomic E-state index is 6.23. The molecular formula is C54H33NO. The van der Waals surface area contributed by atoms with Crippen molar-refractivity contribution in [3.05, 3.63) is 200 Å². The predicted molar refractivity (Wildman–Crippen MR) is 234 cm³/mol. The van der Waals surface area contributed by atoms with E-state index in [1.54, 1.807) is 0 Å². The second kappa shape index (κ2) is 12.0. The van der Waals surface area contributed by atoms with Crippen LogP contribution in [0.4, 0.5) is 17.1 Å². The smallest absolute Gasteiger partial charge is 0.135 e. The zero-order chi connectivity index (χ0) is 36.7. The van der Waals surface area contributed by atoms with Gasteiger partial charge in [-0.3, -0.25) is 0 Å². The molecule has 1 heterocycles. The molecule has 56 heavy (non-hydrogen) atoms. The summed E-state index contributed by atoms with van der Waals surface area (Å²) in [6, 6.07) is 72.8. The normalized spacial score (nSPS) is 11.9. The maximum atomic E-state index is 6.23. The van der Waals surface area contributed by atoms with Crippen molar-refractivity contribution in [3.63, 3.8) is 0 Å². The third-order valence-corrected chi connectivity index (χ3v) is 11.8. The number of fused-ring (bicyclic) bond motifs is 7. The SMILES string of the molecule is c1ccc(-c2ccc(N(c3ccc(-c4ccc5c(c4)-c4c6cccc4-c4cccc-5c4-c4ccccc4-6)cc3)c3ccc4oc5ccccc5c4c3)cc2)cc1. The number of furan rings is 1. The highest BCUT2D eigenvalue weighted by atomic mass is 16.3. The van der Waals surface area contributed by atoms with Crippen molar-refractivity contribution in [3.8, 4) is 77.9 Å². The van der Waals surface area contributed by atoms with Crippen LogP contribution >= 0.6 is 0 Å². The van der Waals surface area contributed by atoms with Gasteiger partial charge in [-0.15, -0.1) is 0 Å². The second-order valence-corrected chi connectivity index (χ2v) is 14.8. The number of hydrogen-bond acceptors (Lipinski definition) is 2. The Morgan fingerprint density at radius 1 is 0.268 bits per heavy atom. The third kappa shape index (κ3) is 4.63. The van der Waals surface area contributed by atoms with E-state index in [9.17, 15) is 0 Å². The number of benzene rings is 9. The maximum Gasteiger partial charge on any atom is 0.135 e. The molecule has 0 unspecified atom stereocenters. The molecule has 12 rings (SSSR count). The molecule has 0 spiro atoms. The van der Waals surface area contributed by atoms with Gasteiger partial charge in [-0.05, 0) is 132 Å². The lowest BCUT2D eigenvalue weighted by molar-refractivity contribution is 0.669.